The second kappa shape index (κ2) is 14.8. The van der Waals surface area contributed by atoms with Crippen molar-refractivity contribution in [2.45, 2.75) is 76.5 Å². The fraction of sp³-hybridized carbons (Fsp3) is 0.457. The number of carbonyl (C=O) groups is 2. The van der Waals surface area contributed by atoms with Gasteiger partial charge in [0.25, 0.3) is 11.8 Å². The zero-order valence-corrected chi connectivity index (χ0v) is 27.2. The highest BCUT2D eigenvalue weighted by Crippen LogP contribution is 2.36. The van der Waals surface area contributed by atoms with E-state index in [1.807, 2.05) is 19.1 Å². The number of nitrogens with zero attached hydrogens (tertiary/aromatic N) is 5. The first-order valence-electron chi connectivity index (χ1n) is 16.3. The van der Waals surface area contributed by atoms with Crippen LogP contribution < -0.4 is 19.7 Å². The molecular weight excluding hydrogens is 600 g/mol. The number of carbonyl (C=O) groups excluding carboxylic acids is 2. The van der Waals surface area contributed by atoms with Crippen molar-refractivity contribution < 1.29 is 28.2 Å². The molecule has 2 aromatic carbocycles. The van der Waals surface area contributed by atoms with Crippen LogP contribution in [0.5, 0.6) is 11.5 Å². The second-order valence-electron chi connectivity index (χ2n) is 12.1. The van der Waals surface area contributed by atoms with E-state index in [9.17, 15) is 9.59 Å². The minimum Gasteiger partial charge on any atom is -0.493 e. The molecule has 4 aromatic rings. The highest BCUT2D eigenvalue weighted by atomic mass is 16.5. The average Bonchev–Trinajstić information content (AvgIpc) is 3.89. The van der Waals surface area contributed by atoms with Crippen molar-refractivity contribution in [1.82, 2.24) is 25.5 Å². The molecule has 0 unspecified atom stereocenters. The van der Waals surface area contributed by atoms with Gasteiger partial charge in [0.05, 0.1) is 20.3 Å². The summed E-state index contributed by atoms with van der Waals surface area (Å²) in [6.07, 6.45) is 7.78. The summed E-state index contributed by atoms with van der Waals surface area (Å²) in [6, 6.07) is 15.7. The van der Waals surface area contributed by atoms with Crippen molar-refractivity contribution >= 4 is 17.5 Å². The van der Waals surface area contributed by atoms with Gasteiger partial charge in [-0.25, -0.2) is 0 Å². The predicted octanol–water partition coefficient (Wildman–Crippen LogP) is 5.38. The molecule has 6 rings (SSSR count). The molecule has 2 aliphatic rings. The van der Waals surface area contributed by atoms with Gasteiger partial charge in [0, 0.05) is 24.4 Å². The first kappa shape index (κ1) is 32.2. The Labute approximate surface area is 274 Å². The summed E-state index contributed by atoms with van der Waals surface area (Å²) in [5.41, 5.74) is 2.46. The van der Waals surface area contributed by atoms with Crippen LogP contribution in [-0.4, -0.2) is 65.5 Å². The number of ether oxygens (including phenoxy) is 3. The Morgan fingerprint density at radius 3 is 2.45 bits per heavy atom. The van der Waals surface area contributed by atoms with Crippen LogP contribution >= 0.6 is 0 Å². The first-order valence-corrected chi connectivity index (χ1v) is 16.3. The van der Waals surface area contributed by atoms with Crippen molar-refractivity contribution in [3.63, 3.8) is 0 Å². The fourth-order valence-corrected chi connectivity index (χ4v) is 6.47. The van der Waals surface area contributed by atoms with Crippen molar-refractivity contribution in [1.29, 1.82) is 0 Å². The minimum absolute atomic E-state index is 0.0637. The van der Waals surface area contributed by atoms with Crippen molar-refractivity contribution in [2.24, 2.45) is 0 Å². The Kier molecular flexibility index (Phi) is 10.2. The van der Waals surface area contributed by atoms with Gasteiger partial charge >= 0.3 is 0 Å². The van der Waals surface area contributed by atoms with Gasteiger partial charge in [-0.2, -0.15) is 4.80 Å². The van der Waals surface area contributed by atoms with Crippen molar-refractivity contribution in [2.75, 3.05) is 32.3 Å². The number of anilines is 1. The summed E-state index contributed by atoms with van der Waals surface area (Å²) in [4.78, 5) is 31.0. The highest BCUT2D eigenvalue weighted by Gasteiger charge is 2.36. The number of tetrazole rings is 1. The molecule has 1 N–H and O–H groups in total. The standard InChI is InChI=1S/C35H42N6O6/c1-23-11-17-30(47-23)33(35(43)36-21-28-10-7-19-46-28)41(27-15-12-25(13-16-27)24-8-5-4-6-9-24)32(42)22-40-38-34(37-39-40)26-14-18-29(44-2)31(20-26)45-3/h11-18,20,24,28,33H,4-10,19,21-22H2,1-3H3,(H,36,43)/t28-,33+/m0/s1. The second-order valence-corrected chi connectivity index (χ2v) is 12.1. The molecule has 2 aromatic heterocycles. The van der Waals surface area contributed by atoms with E-state index >= 15 is 0 Å². The summed E-state index contributed by atoms with van der Waals surface area (Å²) >= 11 is 0. The quantitative estimate of drug-likeness (QED) is 0.216. The van der Waals surface area contributed by atoms with Gasteiger partial charge in [-0.15, -0.1) is 10.2 Å². The number of hydrogen-bond acceptors (Lipinski definition) is 9. The topological polar surface area (TPSA) is 134 Å². The van der Waals surface area contributed by atoms with Crippen molar-refractivity contribution in [3.05, 3.63) is 71.7 Å². The van der Waals surface area contributed by atoms with E-state index in [-0.39, 0.29) is 18.6 Å². The Morgan fingerprint density at radius 2 is 1.77 bits per heavy atom. The van der Waals surface area contributed by atoms with E-state index in [1.165, 1.54) is 34.5 Å². The molecule has 12 heteroatoms. The number of hydrogen-bond donors (Lipinski definition) is 1. The van der Waals surface area contributed by atoms with Crippen LogP contribution in [-0.2, 0) is 20.9 Å². The number of aryl methyl sites for hydroxylation is 1. The van der Waals surface area contributed by atoms with Gasteiger partial charge < -0.3 is 23.9 Å². The van der Waals surface area contributed by atoms with Crippen LogP contribution in [0.3, 0.4) is 0 Å². The third-order valence-corrected chi connectivity index (χ3v) is 8.95. The van der Waals surface area contributed by atoms with Crippen LogP contribution in [0, 0.1) is 6.92 Å². The van der Waals surface area contributed by atoms with E-state index in [2.05, 4.69) is 32.9 Å². The molecule has 1 saturated heterocycles. The molecule has 1 aliphatic heterocycles. The summed E-state index contributed by atoms with van der Waals surface area (Å²) in [7, 11) is 3.11. The van der Waals surface area contributed by atoms with Crippen LogP contribution in [0.2, 0.25) is 0 Å². The first-order chi connectivity index (χ1) is 22.9. The molecule has 248 valence electrons. The SMILES string of the molecule is COc1ccc(-c2nnn(CC(=O)N(c3ccc(C4CCCCC4)cc3)[C@@H](C(=O)NC[C@@H]3CCCO3)c3ccc(C)o3)n2)cc1OC. The van der Waals surface area contributed by atoms with Gasteiger partial charge in [0.2, 0.25) is 5.82 Å². The number of rotatable bonds is 12. The molecule has 2 atom stereocenters. The molecule has 2 fully saturated rings. The number of nitrogens with one attached hydrogen (secondary N) is 1. The van der Waals surface area contributed by atoms with Gasteiger partial charge in [-0.05, 0) is 91.8 Å². The minimum atomic E-state index is -1.08. The zero-order chi connectivity index (χ0) is 32.8. The summed E-state index contributed by atoms with van der Waals surface area (Å²) in [5, 5.41) is 15.9. The van der Waals surface area contributed by atoms with E-state index in [0.717, 1.165) is 25.7 Å². The van der Waals surface area contributed by atoms with Crippen LogP contribution in [0.25, 0.3) is 11.4 Å². The smallest absolute Gasteiger partial charge is 0.251 e. The monoisotopic (exact) mass is 642 g/mol. The fourth-order valence-electron chi connectivity index (χ4n) is 6.47. The maximum absolute atomic E-state index is 14.3. The van der Waals surface area contributed by atoms with Gasteiger partial charge in [-0.1, -0.05) is 31.4 Å². The molecule has 0 spiro atoms. The number of aromatic nitrogens is 4. The van der Waals surface area contributed by atoms with Gasteiger partial charge in [0.1, 0.15) is 18.1 Å². The molecule has 0 bridgehead atoms. The number of methoxy groups -OCH3 is 2. The maximum atomic E-state index is 14.3. The van der Waals surface area contributed by atoms with E-state index in [4.69, 9.17) is 18.6 Å². The van der Waals surface area contributed by atoms with E-state index in [1.54, 1.807) is 44.6 Å². The summed E-state index contributed by atoms with van der Waals surface area (Å²) < 4.78 is 22.5. The number of amides is 2. The number of furan rings is 1. The lowest BCUT2D eigenvalue weighted by molar-refractivity contribution is -0.127. The molecular formula is C35H42N6O6. The number of benzene rings is 2. The van der Waals surface area contributed by atoms with Gasteiger partial charge in [-0.3, -0.25) is 14.5 Å². The molecule has 1 saturated carbocycles. The Balaban J connectivity index is 1.31. The Bertz CT molecular complexity index is 1650. The van der Waals surface area contributed by atoms with Gasteiger partial charge in [0.15, 0.2) is 17.5 Å². The lowest BCUT2D eigenvalue weighted by Crippen LogP contribution is -2.46. The molecule has 1 aliphatic carbocycles. The predicted molar refractivity (Wildman–Crippen MR) is 174 cm³/mol. The van der Waals surface area contributed by atoms with E-state index < -0.39 is 11.9 Å². The molecule has 47 heavy (non-hydrogen) atoms. The van der Waals surface area contributed by atoms with Crippen LogP contribution in [0.1, 0.15) is 74.0 Å². The summed E-state index contributed by atoms with van der Waals surface area (Å²) in [6.45, 7) is 2.57. The van der Waals surface area contributed by atoms with Crippen LogP contribution in [0.4, 0.5) is 5.69 Å². The largest absolute Gasteiger partial charge is 0.493 e. The summed E-state index contributed by atoms with van der Waals surface area (Å²) in [5.74, 6) is 2.12. The van der Waals surface area contributed by atoms with Crippen LogP contribution in [0.15, 0.2) is 59.0 Å². The molecule has 12 nitrogen and oxygen atoms in total. The molecule has 2 amide bonds. The van der Waals surface area contributed by atoms with E-state index in [0.29, 0.717) is 59.2 Å². The lowest BCUT2D eigenvalue weighted by Gasteiger charge is -2.30. The Hall–Kier alpha value is -4.71. The third-order valence-electron chi connectivity index (χ3n) is 8.95. The Morgan fingerprint density at radius 1 is 0.979 bits per heavy atom. The third kappa shape index (κ3) is 7.48. The maximum Gasteiger partial charge on any atom is 0.251 e. The average molecular weight is 643 g/mol. The highest BCUT2D eigenvalue weighted by molar-refractivity contribution is 6.01. The normalized spacial score (nSPS) is 17.3. The molecule has 0 radical (unpaired) electrons. The zero-order valence-electron chi connectivity index (χ0n) is 27.2. The molecule has 3 heterocycles. The van der Waals surface area contributed by atoms with Crippen molar-refractivity contribution in [3.8, 4) is 22.9 Å². The lowest BCUT2D eigenvalue weighted by atomic mass is 9.84.